The fourth-order valence-corrected chi connectivity index (χ4v) is 7.91. The van der Waals surface area contributed by atoms with Gasteiger partial charge in [-0.25, -0.2) is 4.98 Å². The molecule has 1 aromatic heterocycles. The number of hydrogen-bond donors (Lipinski definition) is 0. The number of para-hydroxylation sites is 2. The summed E-state index contributed by atoms with van der Waals surface area (Å²) >= 11 is 0. The second-order valence-electron chi connectivity index (χ2n) is 12.4. The SMILES string of the molecule is Cn1c(-c2cccc(-c3cc4c(c5ccccc35)C(C)(C)c3c-4c4ccccc4c4ccccc34)c2)nc2ccccc21. The molecule has 0 N–H and O–H groups in total. The number of hydrogen-bond acceptors (Lipinski definition) is 1. The topological polar surface area (TPSA) is 17.8 Å². The Morgan fingerprint density at radius 3 is 1.84 bits per heavy atom. The third-order valence-electron chi connectivity index (χ3n) is 9.72. The van der Waals surface area contributed by atoms with Gasteiger partial charge in [0.2, 0.25) is 0 Å². The van der Waals surface area contributed by atoms with E-state index in [9.17, 15) is 0 Å². The third kappa shape index (κ3) is 3.26. The van der Waals surface area contributed by atoms with E-state index in [2.05, 4.69) is 153 Å². The molecular weight excluding hydrogens is 520 g/mol. The molecule has 0 saturated heterocycles. The second-order valence-corrected chi connectivity index (χ2v) is 12.4. The number of fused-ring (bicyclic) bond motifs is 11. The van der Waals surface area contributed by atoms with Crippen molar-refractivity contribution in [2.24, 2.45) is 7.05 Å². The van der Waals surface area contributed by atoms with Crippen molar-refractivity contribution in [1.29, 1.82) is 0 Å². The highest BCUT2D eigenvalue weighted by Gasteiger charge is 2.40. The third-order valence-corrected chi connectivity index (χ3v) is 9.72. The Labute approximate surface area is 250 Å². The highest BCUT2D eigenvalue weighted by atomic mass is 15.1. The van der Waals surface area contributed by atoms with Crippen LogP contribution >= 0.6 is 0 Å². The smallest absolute Gasteiger partial charge is 0.140 e. The average Bonchev–Trinajstić information content (AvgIpc) is 3.51. The van der Waals surface area contributed by atoms with Crippen molar-refractivity contribution in [2.75, 3.05) is 0 Å². The van der Waals surface area contributed by atoms with Crippen molar-refractivity contribution < 1.29 is 0 Å². The molecule has 1 heterocycles. The van der Waals surface area contributed by atoms with Crippen molar-refractivity contribution in [3.63, 3.8) is 0 Å². The van der Waals surface area contributed by atoms with Gasteiger partial charge >= 0.3 is 0 Å². The zero-order valence-electron chi connectivity index (χ0n) is 24.5. The van der Waals surface area contributed by atoms with Crippen LogP contribution in [0.15, 0.2) is 127 Å². The summed E-state index contributed by atoms with van der Waals surface area (Å²) in [7, 11) is 2.11. The van der Waals surface area contributed by atoms with Gasteiger partial charge in [0.05, 0.1) is 11.0 Å². The van der Waals surface area contributed by atoms with Crippen LogP contribution < -0.4 is 0 Å². The minimum absolute atomic E-state index is 0.151. The zero-order valence-corrected chi connectivity index (χ0v) is 24.5. The van der Waals surface area contributed by atoms with Crippen LogP contribution in [0, 0.1) is 0 Å². The summed E-state index contributed by atoms with van der Waals surface area (Å²) in [6, 6.07) is 46.6. The first-order valence-electron chi connectivity index (χ1n) is 15.0. The molecule has 0 aliphatic heterocycles. The molecule has 0 fully saturated rings. The van der Waals surface area contributed by atoms with E-state index in [1.54, 1.807) is 0 Å². The maximum Gasteiger partial charge on any atom is 0.140 e. The van der Waals surface area contributed by atoms with Crippen LogP contribution in [-0.2, 0) is 12.5 Å². The molecule has 2 nitrogen and oxygen atoms in total. The number of benzene rings is 7. The summed E-state index contributed by atoms with van der Waals surface area (Å²) in [4.78, 5) is 5.01. The van der Waals surface area contributed by atoms with Crippen LogP contribution in [0.5, 0.6) is 0 Å². The molecule has 0 bridgehead atoms. The molecule has 1 aliphatic carbocycles. The van der Waals surface area contributed by atoms with Crippen molar-refractivity contribution in [3.05, 3.63) is 139 Å². The molecule has 0 radical (unpaired) electrons. The van der Waals surface area contributed by atoms with Crippen molar-refractivity contribution >= 4 is 43.4 Å². The van der Waals surface area contributed by atoms with E-state index in [1.165, 1.54) is 65.7 Å². The van der Waals surface area contributed by atoms with E-state index < -0.39 is 0 Å². The Morgan fingerprint density at radius 2 is 1.09 bits per heavy atom. The van der Waals surface area contributed by atoms with Crippen molar-refractivity contribution in [3.8, 4) is 33.6 Å². The lowest BCUT2D eigenvalue weighted by Gasteiger charge is -2.25. The molecule has 8 aromatic rings. The summed E-state index contributed by atoms with van der Waals surface area (Å²) in [5.74, 6) is 0.984. The first-order chi connectivity index (χ1) is 21.0. The van der Waals surface area contributed by atoms with E-state index in [0.29, 0.717) is 0 Å². The Bertz CT molecular complexity index is 2440. The summed E-state index contributed by atoms with van der Waals surface area (Å²) < 4.78 is 2.20. The fraction of sp³-hybridized carbons (Fsp3) is 0.0976. The summed E-state index contributed by atoms with van der Waals surface area (Å²) in [5, 5.41) is 7.96. The van der Waals surface area contributed by atoms with E-state index in [4.69, 9.17) is 4.98 Å². The zero-order chi connectivity index (χ0) is 28.9. The van der Waals surface area contributed by atoms with Gasteiger partial charge in [0.1, 0.15) is 5.82 Å². The van der Waals surface area contributed by atoms with Gasteiger partial charge in [0.15, 0.2) is 0 Å². The average molecular weight is 551 g/mol. The van der Waals surface area contributed by atoms with Gasteiger partial charge in [-0.2, -0.15) is 0 Å². The van der Waals surface area contributed by atoms with Gasteiger partial charge in [-0.05, 0) is 90.0 Å². The standard InChI is InChI=1S/C41H30N2/c1-41(2)38-31-19-8-6-17-29(31)33(25-13-12-14-26(23-25)40-42-35-21-10-11-22-36(35)43(40)3)24-34(38)37-30-18-7-4-15-27(30)28-16-5-9-20-32(28)39(37)41/h4-24H,1-3H3. The van der Waals surface area contributed by atoms with Crippen LogP contribution in [-0.4, -0.2) is 9.55 Å². The van der Waals surface area contributed by atoms with Crippen molar-refractivity contribution in [2.45, 2.75) is 19.3 Å². The minimum atomic E-state index is -0.151. The van der Waals surface area contributed by atoms with Crippen LogP contribution in [0.3, 0.4) is 0 Å². The Kier molecular flexibility index (Phi) is 4.91. The molecule has 0 unspecified atom stereocenters. The highest BCUT2D eigenvalue weighted by molar-refractivity contribution is 6.20. The number of imidazole rings is 1. The number of nitrogens with zero attached hydrogens (tertiary/aromatic N) is 2. The van der Waals surface area contributed by atoms with Crippen LogP contribution in [0.2, 0.25) is 0 Å². The summed E-state index contributed by atoms with van der Waals surface area (Å²) in [6.45, 7) is 4.83. The first-order valence-corrected chi connectivity index (χ1v) is 15.0. The lowest BCUT2D eigenvalue weighted by atomic mass is 9.77. The van der Waals surface area contributed by atoms with E-state index in [-0.39, 0.29) is 5.41 Å². The second kappa shape index (κ2) is 8.65. The maximum atomic E-state index is 5.01. The maximum absolute atomic E-state index is 5.01. The summed E-state index contributed by atoms with van der Waals surface area (Å²) in [6.07, 6.45) is 0. The number of aryl methyl sites for hydroxylation is 1. The molecular formula is C41H30N2. The van der Waals surface area contributed by atoms with E-state index in [1.807, 2.05) is 0 Å². The molecule has 9 rings (SSSR count). The van der Waals surface area contributed by atoms with Gasteiger partial charge in [0, 0.05) is 18.0 Å². The molecule has 7 aromatic carbocycles. The Balaban J connectivity index is 1.37. The molecule has 2 heteroatoms. The fourth-order valence-electron chi connectivity index (χ4n) is 7.91. The van der Waals surface area contributed by atoms with Crippen LogP contribution in [0.4, 0.5) is 0 Å². The van der Waals surface area contributed by atoms with Crippen LogP contribution in [0.1, 0.15) is 25.0 Å². The predicted molar refractivity (Wildman–Crippen MR) is 182 cm³/mol. The molecule has 204 valence electrons. The van der Waals surface area contributed by atoms with Crippen molar-refractivity contribution in [1.82, 2.24) is 9.55 Å². The lowest BCUT2D eigenvalue weighted by molar-refractivity contribution is 0.672. The van der Waals surface area contributed by atoms with Gasteiger partial charge < -0.3 is 4.57 Å². The van der Waals surface area contributed by atoms with Gasteiger partial charge in [-0.15, -0.1) is 0 Å². The molecule has 0 atom stereocenters. The molecule has 1 aliphatic rings. The Hall–Kier alpha value is -5.21. The predicted octanol–water partition coefficient (Wildman–Crippen LogP) is 10.7. The van der Waals surface area contributed by atoms with Gasteiger partial charge in [-0.3, -0.25) is 0 Å². The van der Waals surface area contributed by atoms with Gasteiger partial charge in [0.25, 0.3) is 0 Å². The quantitative estimate of drug-likeness (QED) is 0.196. The lowest BCUT2D eigenvalue weighted by Crippen LogP contribution is -2.16. The monoisotopic (exact) mass is 550 g/mol. The summed E-state index contributed by atoms with van der Waals surface area (Å²) in [5.41, 5.74) is 11.2. The highest BCUT2D eigenvalue weighted by Crippen LogP contribution is 2.57. The normalized spacial score (nSPS) is 13.7. The van der Waals surface area contributed by atoms with Crippen LogP contribution in [0.25, 0.3) is 77.0 Å². The largest absolute Gasteiger partial charge is 0.327 e. The number of rotatable bonds is 2. The Morgan fingerprint density at radius 1 is 0.512 bits per heavy atom. The first kappa shape index (κ1) is 24.4. The molecule has 0 spiro atoms. The minimum Gasteiger partial charge on any atom is -0.327 e. The van der Waals surface area contributed by atoms with E-state index in [0.717, 1.165) is 22.4 Å². The molecule has 0 saturated carbocycles. The molecule has 43 heavy (non-hydrogen) atoms. The van der Waals surface area contributed by atoms with Gasteiger partial charge in [-0.1, -0.05) is 117 Å². The van der Waals surface area contributed by atoms with E-state index >= 15 is 0 Å². The molecule has 0 amide bonds. The number of aromatic nitrogens is 2.